The molecule has 0 amide bonds. The van der Waals surface area contributed by atoms with E-state index in [0.29, 0.717) is 10.6 Å². The minimum absolute atomic E-state index is 0.617. The van der Waals surface area contributed by atoms with Crippen LogP contribution in [0.1, 0.15) is 16.8 Å². The fourth-order valence-corrected chi connectivity index (χ4v) is 2.29. The van der Waals surface area contributed by atoms with E-state index < -0.39 is 0 Å². The van der Waals surface area contributed by atoms with Crippen molar-refractivity contribution in [3.05, 3.63) is 47.2 Å². The van der Waals surface area contributed by atoms with Crippen molar-refractivity contribution in [3.8, 4) is 6.07 Å². The second-order valence-corrected chi connectivity index (χ2v) is 4.68. The Morgan fingerprint density at radius 3 is 2.47 bits per heavy atom. The van der Waals surface area contributed by atoms with Gasteiger partial charge in [0.1, 0.15) is 11.1 Å². The molecule has 0 fully saturated rings. The SMILES string of the molecule is Cc1nnc(Sc2ccccc2)c(C#N)c1C. The first-order valence-corrected chi connectivity index (χ1v) is 6.01. The summed E-state index contributed by atoms with van der Waals surface area (Å²) < 4.78 is 0. The molecule has 84 valence electrons. The number of aromatic nitrogens is 2. The Bertz CT molecular complexity index is 573. The lowest BCUT2D eigenvalue weighted by atomic mass is 10.1. The van der Waals surface area contributed by atoms with Crippen molar-refractivity contribution >= 4 is 11.8 Å². The van der Waals surface area contributed by atoms with Gasteiger partial charge in [-0.15, -0.1) is 5.10 Å². The van der Waals surface area contributed by atoms with Crippen LogP contribution in [-0.2, 0) is 0 Å². The van der Waals surface area contributed by atoms with Gasteiger partial charge in [0.15, 0.2) is 0 Å². The van der Waals surface area contributed by atoms with Crippen LogP contribution in [0.3, 0.4) is 0 Å². The normalized spacial score (nSPS) is 9.94. The van der Waals surface area contributed by atoms with Crippen LogP contribution in [0.25, 0.3) is 0 Å². The molecule has 0 aliphatic rings. The van der Waals surface area contributed by atoms with Gasteiger partial charge in [0.2, 0.25) is 0 Å². The first kappa shape index (κ1) is 11.6. The molecule has 1 aromatic heterocycles. The molecule has 0 spiro atoms. The molecule has 0 radical (unpaired) electrons. The molecule has 2 aromatic rings. The lowest BCUT2D eigenvalue weighted by Crippen LogP contribution is -1.98. The summed E-state index contributed by atoms with van der Waals surface area (Å²) in [5.41, 5.74) is 2.33. The van der Waals surface area contributed by atoms with E-state index in [4.69, 9.17) is 0 Å². The fourth-order valence-electron chi connectivity index (χ4n) is 1.39. The summed E-state index contributed by atoms with van der Waals surface area (Å²) in [5.74, 6) is 0. The highest BCUT2D eigenvalue weighted by Gasteiger charge is 2.11. The highest BCUT2D eigenvalue weighted by atomic mass is 32.2. The minimum atomic E-state index is 0.617. The zero-order chi connectivity index (χ0) is 12.3. The summed E-state index contributed by atoms with van der Waals surface area (Å²) in [6, 6.07) is 12.1. The van der Waals surface area contributed by atoms with E-state index in [9.17, 15) is 5.26 Å². The predicted molar refractivity (Wildman–Crippen MR) is 66.8 cm³/mol. The van der Waals surface area contributed by atoms with Gasteiger partial charge < -0.3 is 0 Å². The third-order valence-electron chi connectivity index (χ3n) is 2.49. The molecule has 3 nitrogen and oxygen atoms in total. The predicted octanol–water partition coefficient (Wildman–Crippen LogP) is 3.12. The van der Waals surface area contributed by atoms with E-state index in [1.165, 1.54) is 11.8 Å². The second-order valence-electron chi connectivity index (χ2n) is 3.62. The maximum absolute atomic E-state index is 9.17. The fraction of sp³-hybridized carbons (Fsp3) is 0.154. The van der Waals surface area contributed by atoms with E-state index in [1.807, 2.05) is 44.2 Å². The smallest absolute Gasteiger partial charge is 0.142 e. The largest absolute Gasteiger partial charge is 0.192 e. The van der Waals surface area contributed by atoms with Crippen molar-refractivity contribution in [2.45, 2.75) is 23.8 Å². The quantitative estimate of drug-likeness (QED) is 0.810. The highest BCUT2D eigenvalue weighted by molar-refractivity contribution is 7.99. The molecular formula is C13H11N3S. The minimum Gasteiger partial charge on any atom is -0.192 e. The van der Waals surface area contributed by atoms with Crippen molar-refractivity contribution in [1.29, 1.82) is 5.26 Å². The third-order valence-corrected chi connectivity index (χ3v) is 3.48. The molecule has 0 saturated carbocycles. The number of benzene rings is 1. The van der Waals surface area contributed by atoms with Gasteiger partial charge >= 0.3 is 0 Å². The molecule has 17 heavy (non-hydrogen) atoms. The van der Waals surface area contributed by atoms with Crippen LogP contribution in [0.4, 0.5) is 0 Å². The molecule has 0 bridgehead atoms. The molecule has 2 rings (SSSR count). The molecule has 0 N–H and O–H groups in total. The van der Waals surface area contributed by atoms with Gasteiger partial charge in [-0.3, -0.25) is 0 Å². The molecule has 0 aliphatic carbocycles. The van der Waals surface area contributed by atoms with E-state index in [-0.39, 0.29) is 0 Å². The Morgan fingerprint density at radius 1 is 1.12 bits per heavy atom. The van der Waals surface area contributed by atoms with Gasteiger partial charge in [-0.2, -0.15) is 10.4 Å². The maximum atomic E-state index is 9.17. The summed E-state index contributed by atoms with van der Waals surface area (Å²) in [4.78, 5) is 1.06. The monoisotopic (exact) mass is 241 g/mol. The Kier molecular flexibility index (Phi) is 3.40. The van der Waals surface area contributed by atoms with Crippen LogP contribution < -0.4 is 0 Å². The van der Waals surface area contributed by atoms with Gasteiger partial charge in [-0.1, -0.05) is 30.0 Å². The number of hydrogen-bond donors (Lipinski definition) is 0. The number of hydrogen-bond acceptors (Lipinski definition) is 4. The van der Waals surface area contributed by atoms with E-state index in [0.717, 1.165) is 16.2 Å². The number of nitrogens with zero attached hydrogens (tertiary/aromatic N) is 3. The van der Waals surface area contributed by atoms with E-state index in [1.54, 1.807) is 0 Å². The number of rotatable bonds is 2. The standard InChI is InChI=1S/C13H11N3S/c1-9-10(2)15-16-13(12(9)8-14)17-11-6-4-3-5-7-11/h3-7H,1-2H3. The van der Waals surface area contributed by atoms with E-state index in [2.05, 4.69) is 16.3 Å². The van der Waals surface area contributed by atoms with Gasteiger partial charge in [0.05, 0.1) is 11.3 Å². The lowest BCUT2D eigenvalue weighted by Gasteiger charge is -2.06. The molecule has 1 aromatic carbocycles. The van der Waals surface area contributed by atoms with Crippen LogP contribution in [0, 0.1) is 25.2 Å². The van der Waals surface area contributed by atoms with Gasteiger partial charge in [-0.05, 0) is 31.5 Å². The van der Waals surface area contributed by atoms with Crippen molar-refractivity contribution < 1.29 is 0 Å². The van der Waals surface area contributed by atoms with Crippen LogP contribution in [-0.4, -0.2) is 10.2 Å². The third kappa shape index (κ3) is 2.45. The Morgan fingerprint density at radius 2 is 1.82 bits per heavy atom. The lowest BCUT2D eigenvalue weighted by molar-refractivity contribution is 0.871. The van der Waals surface area contributed by atoms with Crippen molar-refractivity contribution in [3.63, 3.8) is 0 Å². The molecule has 0 saturated heterocycles. The van der Waals surface area contributed by atoms with Crippen molar-refractivity contribution in [1.82, 2.24) is 10.2 Å². The summed E-state index contributed by atoms with van der Waals surface area (Å²) in [6.07, 6.45) is 0. The van der Waals surface area contributed by atoms with Gasteiger partial charge in [0.25, 0.3) is 0 Å². The van der Waals surface area contributed by atoms with Gasteiger partial charge in [0, 0.05) is 4.90 Å². The van der Waals surface area contributed by atoms with Crippen molar-refractivity contribution in [2.75, 3.05) is 0 Å². The first-order chi connectivity index (χ1) is 8.22. The summed E-state index contributed by atoms with van der Waals surface area (Å²) in [6.45, 7) is 3.76. The van der Waals surface area contributed by atoms with Crippen LogP contribution in [0.5, 0.6) is 0 Å². The topological polar surface area (TPSA) is 49.6 Å². The molecule has 0 aliphatic heterocycles. The second kappa shape index (κ2) is 4.98. The molecular weight excluding hydrogens is 230 g/mol. The summed E-state index contributed by atoms with van der Waals surface area (Å²) in [7, 11) is 0. The summed E-state index contributed by atoms with van der Waals surface area (Å²) >= 11 is 1.47. The Balaban J connectivity index is 2.41. The Labute approximate surface area is 105 Å². The number of nitriles is 1. The molecule has 0 atom stereocenters. The highest BCUT2D eigenvalue weighted by Crippen LogP contribution is 2.29. The van der Waals surface area contributed by atoms with E-state index >= 15 is 0 Å². The zero-order valence-electron chi connectivity index (χ0n) is 9.64. The Hall–Kier alpha value is -1.86. The maximum Gasteiger partial charge on any atom is 0.142 e. The first-order valence-electron chi connectivity index (χ1n) is 5.19. The average molecular weight is 241 g/mol. The molecule has 0 unspecified atom stereocenters. The average Bonchev–Trinajstić information content (AvgIpc) is 2.36. The van der Waals surface area contributed by atoms with Crippen molar-refractivity contribution in [2.24, 2.45) is 0 Å². The van der Waals surface area contributed by atoms with Crippen LogP contribution in [0.2, 0.25) is 0 Å². The summed E-state index contributed by atoms with van der Waals surface area (Å²) in [5, 5.41) is 18.0. The van der Waals surface area contributed by atoms with Crippen LogP contribution in [0.15, 0.2) is 40.3 Å². The molecule has 4 heteroatoms. The molecule has 1 heterocycles. The number of aryl methyl sites for hydroxylation is 1. The zero-order valence-corrected chi connectivity index (χ0v) is 10.5. The van der Waals surface area contributed by atoms with Gasteiger partial charge in [-0.25, -0.2) is 0 Å². The van der Waals surface area contributed by atoms with Crippen LogP contribution >= 0.6 is 11.8 Å².